The Balaban J connectivity index is 2.28. The van der Waals surface area contributed by atoms with Crippen molar-refractivity contribution in [1.82, 2.24) is 5.48 Å². The minimum Gasteiger partial charge on any atom is -0.302 e. The Kier molecular flexibility index (Phi) is 3.65. The second-order valence-corrected chi connectivity index (χ2v) is 2.29. The Labute approximate surface area is 67.1 Å². The van der Waals surface area contributed by atoms with Crippen molar-refractivity contribution in [2.75, 3.05) is 13.7 Å². The van der Waals surface area contributed by atoms with Crippen molar-refractivity contribution in [2.45, 2.75) is 6.42 Å². The minimum atomic E-state index is 0.723. The smallest absolute Gasteiger partial charge is 0.0722 e. The average Bonchev–Trinajstić information content (AvgIpc) is 2.07. The number of hydroxylamine groups is 1. The third kappa shape index (κ3) is 3.16. The first-order valence-electron chi connectivity index (χ1n) is 3.76. The van der Waals surface area contributed by atoms with Crippen LogP contribution in [0.3, 0.4) is 0 Å². The fourth-order valence-corrected chi connectivity index (χ4v) is 0.916. The molecule has 0 radical (unpaired) electrons. The Morgan fingerprint density at radius 2 is 2.00 bits per heavy atom. The first kappa shape index (κ1) is 8.24. The molecule has 0 atom stereocenters. The summed E-state index contributed by atoms with van der Waals surface area (Å²) in [5.41, 5.74) is 3.95. The van der Waals surface area contributed by atoms with Gasteiger partial charge in [-0.05, 0) is 12.0 Å². The van der Waals surface area contributed by atoms with Crippen molar-refractivity contribution in [1.29, 1.82) is 0 Å². The minimum absolute atomic E-state index is 0.723. The van der Waals surface area contributed by atoms with E-state index in [9.17, 15) is 0 Å². The highest BCUT2D eigenvalue weighted by Gasteiger charge is 1.89. The second-order valence-electron chi connectivity index (χ2n) is 2.29. The third-order valence-corrected chi connectivity index (χ3v) is 1.48. The average molecular weight is 151 g/mol. The van der Waals surface area contributed by atoms with E-state index < -0.39 is 0 Å². The van der Waals surface area contributed by atoms with Crippen LogP contribution >= 0.6 is 0 Å². The molecule has 1 rings (SSSR count). The Morgan fingerprint density at radius 3 is 2.64 bits per heavy atom. The van der Waals surface area contributed by atoms with Crippen LogP contribution in [0.15, 0.2) is 30.3 Å². The van der Waals surface area contributed by atoms with Gasteiger partial charge in [-0.2, -0.15) is 0 Å². The van der Waals surface area contributed by atoms with E-state index in [1.807, 2.05) is 18.2 Å². The van der Waals surface area contributed by atoms with Gasteiger partial charge in [-0.1, -0.05) is 30.3 Å². The van der Waals surface area contributed by atoms with Crippen molar-refractivity contribution in [3.05, 3.63) is 35.9 Å². The number of hydrogen-bond acceptors (Lipinski definition) is 2. The molecule has 2 nitrogen and oxygen atoms in total. The summed E-state index contributed by atoms with van der Waals surface area (Å²) in [5, 5.41) is 0. The van der Waals surface area contributed by atoms with Crippen molar-refractivity contribution < 1.29 is 4.84 Å². The largest absolute Gasteiger partial charge is 0.302 e. The molecule has 60 valence electrons. The molecule has 0 spiro atoms. The molecule has 11 heavy (non-hydrogen) atoms. The zero-order chi connectivity index (χ0) is 7.94. The SMILES string of the molecule is CNOCCc1ccccc1. The topological polar surface area (TPSA) is 21.3 Å². The van der Waals surface area contributed by atoms with Crippen molar-refractivity contribution in [3.8, 4) is 0 Å². The quantitative estimate of drug-likeness (QED) is 0.518. The molecule has 0 saturated heterocycles. The summed E-state index contributed by atoms with van der Waals surface area (Å²) in [4.78, 5) is 4.99. The molecule has 1 aromatic carbocycles. The summed E-state index contributed by atoms with van der Waals surface area (Å²) >= 11 is 0. The second kappa shape index (κ2) is 4.88. The van der Waals surface area contributed by atoms with Gasteiger partial charge in [-0.3, -0.25) is 0 Å². The molecule has 1 aromatic rings. The third-order valence-electron chi connectivity index (χ3n) is 1.48. The van der Waals surface area contributed by atoms with Gasteiger partial charge in [-0.15, -0.1) is 0 Å². The highest BCUT2D eigenvalue weighted by molar-refractivity contribution is 5.14. The summed E-state index contributed by atoms with van der Waals surface area (Å²) in [6.07, 6.45) is 0.960. The van der Waals surface area contributed by atoms with Crippen molar-refractivity contribution in [2.24, 2.45) is 0 Å². The molecule has 2 heteroatoms. The number of rotatable bonds is 4. The van der Waals surface area contributed by atoms with Crippen LogP contribution in [0.5, 0.6) is 0 Å². The monoisotopic (exact) mass is 151 g/mol. The molecule has 0 aliphatic rings. The van der Waals surface area contributed by atoms with Gasteiger partial charge >= 0.3 is 0 Å². The van der Waals surface area contributed by atoms with E-state index in [1.165, 1.54) is 5.56 Å². The van der Waals surface area contributed by atoms with Crippen LogP contribution in [0.25, 0.3) is 0 Å². The predicted molar refractivity (Wildman–Crippen MR) is 45.2 cm³/mol. The van der Waals surface area contributed by atoms with Gasteiger partial charge in [-0.25, -0.2) is 5.48 Å². The van der Waals surface area contributed by atoms with E-state index >= 15 is 0 Å². The van der Waals surface area contributed by atoms with Crippen LogP contribution in [0, 0.1) is 0 Å². The van der Waals surface area contributed by atoms with Crippen LogP contribution < -0.4 is 5.48 Å². The van der Waals surface area contributed by atoms with Crippen molar-refractivity contribution in [3.63, 3.8) is 0 Å². The lowest BCUT2D eigenvalue weighted by atomic mass is 10.2. The molecule has 0 saturated carbocycles. The summed E-state index contributed by atoms with van der Waals surface area (Å²) in [6.45, 7) is 0.723. The molecule has 0 aliphatic carbocycles. The Hall–Kier alpha value is -0.860. The molecule has 0 unspecified atom stereocenters. The fraction of sp³-hybridized carbons (Fsp3) is 0.333. The van der Waals surface area contributed by atoms with Gasteiger partial charge in [0, 0.05) is 7.05 Å². The van der Waals surface area contributed by atoms with Crippen LogP contribution in [-0.2, 0) is 11.3 Å². The molecule has 0 bridgehead atoms. The van der Waals surface area contributed by atoms with Gasteiger partial charge in [0.1, 0.15) is 0 Å². The van der Waals surface area contributed by atoms with Gasteiger partial charge in [0.15, 0.2) is 0 Å². The molecular formula is C9H13NO. The van der Waals surface area contributed by atoms with E-state index in [0.717, 1.165) is 13.0 Å². The van der Waals surface area contributed by atoms with E-state index in [0.29, 0.717) is 0 Å². The lowest BCUT2D eigenvalue weighted by Crippen LogP contribution is -2.09. The summed E-state index contributed by atoms with van der Waals surface area (Å²) in [6, 6.07) is 10.3. The van der Waals surface area contributed by atoms with Gasteiger partial charge in [0.2, 0.25) is 0 Å². The van der Waals surface area contributed by atoms with Crippen LogP contribution in [-0.4, -0.2) is 13.7 Å². The lowest BCUT2D eigenvalue weighted by Gasteiger charge is -2.00. The van der Waals surface area contributed by atoms with E-state index in [2.05, 4.69) is 17.6 Å². The van der Waals surface area contributed by atoms with Crippen LogP contribution in [0.4, 0.5) is 0 Å². The number of benzene rings is 1. The van der Waals surface area contributed by atoms with Crippen molar-refractivity contribution >= 4 is 0 Å². The number of hydrogen-bond donors (Lipinski definition) is 1. The van der Waals surface area contributed by atoms with E-state index in [-0.39, 0.29) is 0 Å². The highest BCUT2D eigenvalue weighted by Crippen LogP contribution is 1.98. The maximum atomic E-state index is 4.99. The van der Waals surface area contributed by atoms with Gasteiger partial charge in [0.25, 0.3) is 0 Å². The zero-order valence-corrected chi connectivity index (χ0v) is 6.71. The predicted octanol–water partition coefficient (Wildman–Crippen LogP) is 1.38. The van der Waals surface area contributed by atoms with Crippen LogP contribution in [0.2, 0.25) is 0 Å². The molecule has 0 fully saturated rings. The molecule has 0 heterocycles. The normalized spacial score (nSPS) is 9.91. The maximum absolute atomic E-state index is 4.99. The van der Waals surface area contributed by atoms with Gasteiger partial charge in [0.05, 0.1) is 6.61 Å². The Bertz CT molecular complexity index is 186. The molecular weight excluding hydrogens is 138 g/mol. The highest BCUT2D eigenvalue weighted by atomic mass is 16.6. The number of nitrogens with one attached hydrogen (secondary N) is 1. The Morgan fingerprint density at radius 1 is 1.27 bits per heavy atom. The lowest BCUT2D eigenvalue weighted by molar-refractivity contribution is 0.0604. The van der Waals surface area contributed by atoms with Gasteiger partial charge < -0.3 is 4.84 Å². The summed E-state index contributed by atoms with van der Waals surface area (Å²) in [7, 11) is 1.77. The molecule has 1 N–H and O–H groups in total. The molecule has 0 amide bonds. The molecule has 0 aromatic heterocycles. The van der Waals surface area contributed by atoms with E-state index in [4.69, 9.17) is 4.84 Å². The first-order valence-corrected chi connectivity index (χ1v) is 3.76. The standard InChI is InChI=1S/C9H13NO/c1-10-11-8-7-9-5-3-2-4-6-9/h2-6,10H,7-8H2,1H3. The van der Waals surface area contributed by atoms with E-state index in [1.54, 1.807) is 7.05 Å². The van der Waals surface area contributed by atoms with Crippen LogP contribution in [0.1, 0.15) is 5.56 Å². The summed E-state index contributed by atoms with van der Waals surface area (Å²) < 4.78 is 0. The summed E-state index contributed by atoms with van der Waals surface area (Å²) in [5.74, 6) is 0. The molecule has 0 aliphatic heterocycles. The fourth-order valence-electron chi connectivity index (χ4n) is 0.916. The zero-order valence-electron chi connectivity index (χ0n) is 6.71. The first-order chi connectivity index (χ1) is 5.43. The maximum Gasteiger partial charge on any atom is 0.0722 e.